The standard InChI is InChI=1S/C12H9BrFN5O6S/c13-7-5-6(1-2-8(7)14)19-10(17-24-12(19)20)9-11(18-25-16-9)23-4-3-15-26(21)22/h1-2,5,15H,3-4H2,(H,21,22). The third kappa shape index (κ3) is 3.87. The lowest BCUT2D eigenvalue weighted by Gasteiger charge is -2.05. The second kappa shape index (κ2) is 7.86. The molecule has 0 saturated carbocycles. The Bertz CT molecular complexity index is 1000. The summed E-state index contributed by atoms with van der Waals surface area (Å²) in [6.45, 7) is -0.0103. The van der Waals surface area contributed by atoms with Crippen LogP contribution in [-0.4, -0.2) is 42.0 Å². The van der Waals surface area contributed by atoms with Crippen LogP contribution in [0.25, 0.3) is 17.2 Å². The summed E-state index contributed by atoms with van der Waals surface area (Å²) in [6, 6.07) is 3.85. The van der Waals surface area contributed by atoms with Gasteiger partial charge in [0, 0.05) is 6.54 Å². The van der Waals surface area contributed by atoms with Crippen LogP contribution in [0.4, 0.5) is 4.39 Å². The molecule has 0 fully saturated rings. The summed E-state index contributed by atoms with van der Waals surface area (Å²) in [5.74, 6) is -1.55. The molecule has 1 atom stereocenters. The summed E-state index contributed by atoms with van der Waals surface area (Å²) in [6.07, 6.45) is 0. The minimum atomic E-state index is -2.18. The third-order valence-corrected chi connectivity index (χ3v) is 4.06. The van der Waals surface area contributed by atoms with Gasteiger partial charge in [-0.2, -0.15) is 0 Å². The maximum Gasteiger partial charge on any atom is 0.446 e. The van der Waals surface area contributed by atoms with Crippen molar-refractivity contribution in [3.8, 4) is 23.1 Å². The molecule has 0 amide bonds. The topological polar surface area (TPSA) is 146 Å². The smallest absolute Gasteiger partial charge is 0.446 e. The average molecular weight is 450 g/mol. The second-order valence-electron chi connectivity index (χ2n) is 4.62. The molecule has 3 aromatic rings. The molecule has 0 radical (unpaired) electrons. The molecular weight excluding hydrogens is 441 g/mol. The molecule has 2 aromatic heterocycles. The molecule has 0 bridgehead atoms. The van der Waals surface area contributed by atoms with Crippen LogP contribution in [0.15, 0.2) is 36.6 Å². The number of benzene rings is 1. The number of nitrogens with zero attached hydrogens (tertiary/aromatic N) is 4. The largest absolute Gasteiger partial charge is 0.472 e. The van der Waals surface area contributed by atoms with Gasteiger partial charge in [-0.25, -0.2) is 27.3 Å². The molecule has 14 heteroatoms. The van der Waals surface area contributed by atoms with Crippen LogP contribution in [-0.2, 0) is 11.3 Å². The molecular formula is C12H9BrFN5O6S. The van der Waals surface area contributed by atoms with Gasteiger partial charge in [0.15, 0.2) is 0 Å². The highest BCUT2D eigenvalue weighted by molar-refractivity contribution is 9.10. The van der Waals surface area contributed by atoms with E-state index in [1.807, 2.05) is 0 Å². The monoisotopic (exact) mass is 449 g/mol. The highest BCUT2D eigenvalue weighted by Crippen LogP contribution is 2.27. The fraction of sp³-hybridized carbons (Fsp3) is 0.167. The fourth-order valence-electron chi connectivity index (χ4n) is 1.94. The lowest BCUT2D eigenvalue weighted by atomic mass is 10.3. The molecule has 11 nitrogen and oxygen atoms in total. The first kappa shape index (κ1) is 18.4. The van der Waals surface area contributed by atoms with E-state index in [9.17, 15) is 13.4 Å². The zero-order chi connectivity index (χ0) is 18.7. The van der Waals surface area contributed by atoms with Crippen molar-refractivity contribution in [1.82, 2.24) is 24.8 Å². The summed E-state index contributed by atoms with van der Waals surface area (Å²) >= 11 is 0.851. The molecule has 3 rings (SSSR count). The Kier molecular flexibility index (Phi) is 5.55. The quantitative estimate of drug-likeness (QED) is 0.396. The van der Waals surface area contributed by atoms with Gasteiger partial charge in [0.25, 0.3) is 5.88 Å². The summed E-state index contributed by atoms with van der Waals surface area (Å²) < 4.78 is 50.5. The minimum Gasteiger partial charge on any atom is -0.472 e. The summed E-state index contributed by atoms with van der Waals surface area (Å²) in [7, 11) is 0. The van der Waals surface area contributed by atoms with E-state index in [0.717, 1.165) is 10.6 Å². The predicted molar refractivity (Wildman–Crippen MR) is 87.3 cm³/mol. The summed E-state index contributed by atoms with van der Waals surface area (Å²) in [5, 5.41) is 10.8. The number of rotatable bonds is 7. The van der Waals surface area contributed by atoms with Gasteiger partial charge in [-0.05, 0) is 44.4 Å². The van der Waals surface area contributed by atoms with Crippen LogP contribution in [0.2, 0.25) is 0 Å². The van der Waals surface area contributed by atoms with Crippen molar-refractivity contribution in [3.63, 3.8) is 0 Å². The number of halogens is 2. The summed E-state index contributed by atoms with van der Waals surface area (Å²) in [4.78, 5) is 12.0. The normalized spacial score (nSPS) is 12.3. The Labute approximate surface area is 154 Å². The van der Waals surface area contributed by atoms with Gasteiger partial charge in [0.2, 0.25) is 22.8 Å². The molecule has 0 spiro atoms. The van der Waals surface area contributed by atoms with Crippen molar-refractivity contribution in [2.45, 2.75) is 0 Å². The Balaban J connectivity index is 1.92. The maximum absolute atomic E-state index is 13.4. The SMILES string of the molecule is O=c1onc(-c2nonc2OCCNS(=O)O)n1-c1ccc(F)c(Br)c1. The van der Waals surface area contributed by atoms with E-state index >= 15 is 0 Å². The van der Waals surface area contributed by atoms with Crippen molar-refractivity contribution in [1.29, 1.82) is 0 Å². The second-order valence-corrected chi connectivity index (χ2v) is 6.26. The van der Waals surface area contributed by atoms with E-state index < -0.39 is 22.8 Å². The molecule has 1 aromatic carbocycles. The van der Waals surface area contributed by atoms with E-state index in [0.29, 0.717) is 0 Å². The van der Waals surface area contributed by atoms with E-state index in [-0.39, 0.29) is 40.7 Å². The molecule has 0 aliphatic heterocycles. The number of nitrogens with one attached hydrogen (secondary N) is 1. The van der Waals surface area contributed by atoms with Crippen LogP contribution in [0.1, 0.15) is 0 Å². The predicted octanol–water partition coefficient (Wildman–Crippen LogP) is 0.882. The van der Waals surface area contributed by atoms with Gasteiger partial charge in [-0.3, -0.25) is 9.08 Å². The van der Waals surface area contributed by atoms with Crippen molar-refractivity contribution < 1.29 is 27.0 Å². The average Bonchev–Trinajstić information content (AvgIpc) is 3.20. The molecule has 0 aliphatic rings. The zero-order valence-electron chi connectivity index (χ0n) is 12.6. The third-order valence-electron chi connectivity index (χ3n) is 3.00. The molecule has 138 valence electrons. The summed E-state index contributed by atoms with van der Waals surface area (Å²) in [5.41, 5.74) is 0.215. The van der Waals surface area contributed by atoms with E-state index in [1.54, 1.807) is 0 Å². The first-order valence-electron chi connectivity index (χ1n) is 6.81. The van der Waals surface area contributed by atoms with Crippen molar-refractivity contribution in [2.75, 3.05) is 13.2 Å². The van der Waals surface area contributed by atoms with Crippen LogP contribution in [0.5, 0.6) is 5.88 Å². The van der Waals surface area contributed by atoms with Gasteiger partial charge in [0.1, 0.15) is 12.4 Å². The van der Waals surface area contributed by atoms with Crippen molar-refractivity contribution in [3.05, 3.63) is 39.0 Å². The van der Waals surface area contributed by atoms with Gasteiger partial charge in [0.05, 0.1) is 10.2 Å². The molecule has 0 aliphatic carbocycles. The van der Waals surface area contributed by atoms with E-state index in [4.69, 9.17) is 9.29 Å². The minimum absolute atomic E-state index is 0.0337. The van der Waals surface area contributed by atoms with Crippen molar-refractivity contribution in [2.24, 2.45) is 0 Å². The Morgan fingerprint density at radius 3 is 2.92 bits per heavy atom. The van der Waals surface area contributed by atoms with E-state index in [1.165, 1.54) is 12.1 Å². The van der Waals surface area contributed by atoms with Gasteiger partial charge >= 0.3 is 5.76 Å². The van der Waals surface area contributed by atoms with Crippen molar-refractivity contribution >= 4 is 27.2 Å². The highest BCUT2D eigenvalue weighted by Gasteiger charge is 2.24. The molecule has 2 heterocycles. The Morgan fingerprint density at radius 1 is 1.38 bits per heavy atom. The van der Waals surface area contributed by atoms with Gasteiger partial charge in [-0.15, -0.1) is 0 Å². The van der Waals surface area contributed by atoms with Crippen LogP contribution >= 0.6 is 15.9 Å². The zero-order valence-corrected chi connectivity index (χ0v) is 15.0. The van der Waals surface area contributed by atoms with Crippen LogP contribution < -0.4 is 15.2 Å². The lowest BCUT2D eigenvalue weighted by Crippen LogP contribution is -2.22. The first-order valence-corrected chi connectivity index (χ1v) is 8.71. The van der Waals surface area contributed by atoms with E-state index in [2.05, 4.69) is 45.3 Å². The maximum atomic E-state index is 13.4. The molecule has 0 saturated heterocycles. The first-order chi connectivity index (χ1) is 12.5. The lowest BCUT2D eigenvalue weighted by molar-refractivity contribution is 0.258. The molecule has 26 heavy (non-hydrogen) atoms. The molecule has 1 unspecified atom stereocenters. The van der Waals surface area contributed by atoms with Gasteiger partial charge < -0.3 is 4.74 Å². The number of hydrogen-bond acceptors (Lipinski definition) is 8. The Hall–Kier alpha value is -2.42. The highest BCUT2D eigenvalue weighted by atomic mass is 79.9. The fourth-order valence-corrected chi connectivity index (χ4v) is 2.56. The number of hydrogen-bond donors (Lipinski definition) is 2. The van der Waals surface area contributed by atoms with Gasteiger partial charge in [-0.1, -0.05) is 5.16 Å². The number of ether oxygens (including phenoxy) is 1. The van der Waals surface area contributed by atoms with Crippen LogP contribution in [0.3, 0.4) is 0 Å². The number of aromatic nitrogens is 4. The Morgan fingerprint density at radius 2 is 2.19 bits per heavy atom. The van der Waals surface area contributed by atoms with Crippen LogP contribution in [0, 0.1) is 5.82 Å². The molecule has 2 N–H and O–H groups in total.